The fourth-order valence-electron chi connectivity index (χ4n) is 2.67. The molecule has 126 valence electrons. The average molecular weight is 352 g/mol. The Morgan fingerprint density at radius 3 is 2.48 bits per heavy atom. The van der Waals surface area contributed by atoms with Crippen molar-refractivity contribution in [2.24, 2.45) is 0 Å². The maximum atomic E-state index is 12.5. The third-order valence-electron chi connectivity index (χ3n) is 3.95. The van der Waals surface area contributed by atoms with Crippen LogP contribution in [0.15, 0.2) is 72.8 Å². The second-order valence-electron chi connectivity index (χ2n) is 5.87. The second-order valence-corrected chi connectivity index (χ2v) is 6.30. The summed E-state index contributed by atoms with van der Waals surface area (Å²) < 4.78 is 0. The van der Waals surface area contributed by atoms with Gasteiger partial charge in [0, 0.05) is 21.8 Å². The molecule has 0 fully saturated rings. The molecule has 0 unspecified atom stereocenters. The summed E-state index contributed by atoms with van der Waals surface area (Å²) in [6.07, 6.45) is -0.882. The van der Waals surface area contributed by atoms with Crippen molar-refractivity contribution in [3.05, 3.63) is 100 Å². The van der Waals surface area contributed by atoms with Gasteiger partial charge in [-0.05, 0) is 42.8 Å². The molecule has 4 heteroatoms. The van der Waals surface area contributed by atoms with Crippen LogP contribution in [0.4, 0.5) is 5.69 Å². The highest BCUT2D eigenvalue weighted by molar-refractivity contribution is 6.30. The lowest BCUT2D eigenvalue weighted by Crippen LogP contribution is -2.15. The Morgan fingerprint density at radius 2 is 1.76 bits per heavy atom. The highest BCUT2D eigenvalue weighted by Gasteiger charge is 2.17. The summed E-state index contributed by atoms with van der Waals surface area (Å²) in [6, 6.07) is 21.7. The van der Waals surface area contributed by atoms with Crippen molar-refractivity contribution in [3.8, 4) is 0 Å². The first-order valence-corrected chi connectivity index (χ1v) is 8.33. The molecule has 0 aliphatic carbocycles. The molecule has 0 heterocycles. The first-order chi connectivity index (χ1) is 12.0. The summed E-state index contributed by atoms with van der Waals surface area (Å²) in [6.45, 7) is 1.93. The van der Waals surface area contributed by atoms with Gasteiger partial charge in [0.05, 0.1) is 0 Å². The standard InChI is InChI=1S/C21H18ClNO2/c1-14-6-5-9-16(12-14)21(25)23-19-11-10-17(22)13-18(19)20(24)15-7-3-2-4-8-15/h2-13,20,24H,1H3,(H,23,25)/t20-/m0/s1. The van der Waals surface area contributed by atoms with Crippen LogP contribution < -0.4 is 5.32 Å². The summed E-state index contributed by atoms with van der Waals surface area (Å²) in [4.78, 5) is 12.5. The van der Waals surface area contributed by atoms with E-state index in [9.17, 15) is 9.90 Å². The number of aliphatic hydroxyl groups excluding tert-OH is 1. The Hall–Kier alpha value is -2.62. The van der Waals surface area contributed by atoms with Crippen molar-refractivity contribution in [1.29, 1.82) is 0 Å². The minimum absolute atomic E-state index is 0.229. The van der Waals surface area contributed by atoms with E-state index in [4.69, 9.17) is 11.6 Å². The maximum absolute atomic E-state index is 12.5. The Kier molecular flexibility index (Phi) is 5.17. The van der Waals surface area contributed by atoms with E-state index in [0.717, 1.165) is 11.1 Å². The van der Waals surface area contributed by atoms with Crippen molar-refractivity contribution in [3.63, 3.8) is 0 Å². The van der Waals surface area contributed by atoms with Gasteiger partial charge in [0.25, 0.3) is 5.91 Å². The number of aryl methyl sites for hydroxylation is 1. The van der Waals surface area contributed by atoms with E-state index < -0.39 is 6.10 Å². The third kappa shape index (κ3) is 4.08. The molecule has 0 saturated carbocycles. The molecule has 0 spiro atoms. The first-order valence-electron chi connectivity index (χ1n) is 7.95. The van der Waals surface area contributed by atoms with Gasteiger partial charge in [-0.15, -0.1) is 0 Å². The lowest BCUT2D eigenvalue weighted by atomic mass is 9.99. The fraction of sp³-hybridized carbons (Fsp3) is 0.0952. The molecule has 0 aliphatic rings. The van der Waals surface area contributed by atoms with Gasteiger partial charge >= 0.3 is 0 Å². The van der Waals surface area contributed by atoms with E-state index in [1.54, 1.807) is 24.3 Å². The molecule has 0 radical (unpaired) electrons. The molecule has 0 bridgehead atoms. The van der Waals surface area contributed by atoms with Crippen LogP contribution >= 0.6 is 11.6 Å². The predicted octanol–water partition coefficient (Wildman–Crippen LogP) is 4.98. The van der Waals surface area contributed by atoms with Crippen LogP contribution in [0.1, 0.15) is 33.2 Å². The number of aliphatic hydroxyl groups is 1. The summed E-state index contributed by atoms with van der Waals surface area (Å²) in [5.74, 6) is -0.229. The monoisotopic (exact) mass is 351 g/mol. The van der Waals surface area contributed by atoms with Gasteiger partial charge < -0.3 is 10.4 Å². The predicted molar refractivity (Wildman–Crippen MR) is 101 cm³/mol. The normalized spacial score (nSPS) is 11.8. The molecule has 3 aromatic carbocycles. The third-order valence-corrected chi connectivity index (χ3v) is 4.19. The summed E-state index contributed by atoms with van der Waals surface area (Å²) in [5, 5.41) is 14.1. The van der Waals surface area contributed by atoms with Crippen LogP contribution in [0.5, 0.6) is 0 Å². The van der Waals surface area contributed by atoms with Gasteiger partial charge in [0.15, 0.2) is 0 Å². The van der Waals surface area contributed by atoms with E-state index in [1.165, 1.54) is 0 Å². The molecule has 2 N–H and O–H groups in total. The van der Waals surface area contributed by atoms with E-state index in [1.807, 2.05) is 55.5 Å². The van der Waals surface area contributed by atoms with Gasteiger partial charge in [-0.3, -0.25) is 4.79 Å². The molecule has 3 rings (SSSR count). The van der Waals surface area contributed by atoms with E-state index >= 15 is 0 Å². The Balaban J connectivity index is 1.93. The number of benzene rings is 3. The largest absolute Gasteiger partial charge is 0.384 e. The number of nitrogens with one attached hydrogen (secondary N) is 1. The molecule has 1 amide bonds. The highest BCUT2D eigenvalue weighted by atomic mass is 35.5. The molecule has 3 nitrogen and oxygen atoms in total. The number of amides is 1. The first kappa shape index (κ1) is 17.2. The van der Waals surface area contributed by atoms with Gasteiger partial charge in [-0.2, -0.15) is 0 Å². The molecular formula is C21H18ClNO2. The zero-order chi connectivity index (χ0) is 17.8. The van der Waals surface area contributed by atoms with Crippen molar-refractivity contribution >= 4 is 23.2 Å². The van der Waals surface area contributed by atoms with Crippen LogP contribution in [0.3, 0.4) is 0 Å². The van der Waals surface area contributed by atoms with Crippen molar-refractivity contribution in [1.82, 2.24) is 0 Å². The van der Waals surface area contributed by atoms with Crippen LogP contribution in [0, 0.1) is 6.92 Å². The zero-order valence-corrected chi connectivity index (χ0v) is 14.5. The van der Waals surface area contributed by atoms with Crippen molar-refractivity contribution in [2.75, 3.05) is 5.32 Å². The Labute approximate surface area is 151 Å². The molecule has 1 atom stereocenters. The molecule has 25 heavy (non-hydrogen) atoms. The molecule has 0 aliphatic heterocycles. The van der Waals surface area contributed by atoms with Crippen LogP contribution in [0.25, 0.3) is 0 Å². The zero-order valence-electron chi connectivity index (χ0n) is 13.7. The molecular weight excluding hydrogens is 334 g/mol. The van der Waals surface area contributed by atoms with Gasteiger partial charge in [0.2, 0.25) is 0 Å². The minimum Gasteiger partial charge on any atom is -0.384 e. The van der Waals surface area contributed by atoms with Crippen LogP contribution in [-0.4, -0.2) is 11.0 Å². The number of carbonyl (C=O) groups is 1. The number of rotatable bonds is 4. The number of carbonyl (C=O) groups excluding carboxylic acids is 1. The number of halogens is 1. The summed E-state index contributed by atoms with van der Waals surface area (Å²) >= 11 is 6.10. The van der Waals surface area contributed by atoms with Gasteiger partial charge in [0.1, 0.15) is 6.10 Å². The number of hydrogen-bond donors (Lipinski definition) is 2. The van der Waals surface area contributed by atoms with Gasteiger partial charge in [-0.1, -0.05) is 59.6 Å². The Morgan fingerprint density at radius 1 is 1.00 bits per heavy atom. The average Bonchev–Trinajstić information content (AvgIpc) is 2.63. The van der Waals surface area contributed by atoms with E-state index in [-0.39, 0.29) is 5.91 Å². The fourth-order valence-corrected chi connectivity index (χ4v) is 2.85. The number of anilines is 1. The molecule has 3 aromatic rings. The molecule has 0 aromatic heterocycles. The SMILES string of the molecule is Cc1cccc(C(=O)Nc2ccc(Cl)cc2[C@@H](O)c2ccccc2)c1. The van der Waals surface area contributed by atoms with Crippen molar-refractivity contribution in [2.45, 2.75) is 13.0 Å². The minimum atomic E-state index is -0.882. The lowest BCUT2D eigenvalue weighted by molar-refractivity contribution is 0.102. The van der Waals surface area contributed by atoms with E-state index in [2.05, 4.69) is 5.32 Å². The summed E-state index contributed by atoms with van der Waals surface area (Å²) in [5.41, 5.74) is 3.39. The van der Waals surface area contributed by atoms with Crippen LogP contribution in [-0.2, 0) is 0 Å². The quantitative estimate of drug-likeness (QED) is 0.696. The second kappa shape index (κ2) is 7.51. The molecule has 0 saturated heterocycles. The van der Waals surface area contributed by atoms with Crippen molar-refractivity contribution < 1.29 is 9.90 Å². The Bertz CT molecular complexity index is 893. The van der Waals surface area contributed by atoms with Crippen LogP contribution in [0.2, 0.25) is 5.02 Å². The van der Waals surface area contributed by atoms with E-state index in [0.29, 0.717) is 21.8 Å². The van der Waals surface area contributed by atoms with Gasteiger partial charge in [-0.25, -0.2) is 0 Å². The number of hydrogen-bond acceptors (Lipinski definition) is 2. The lowest BCUT2D eigenvalue weighted by Gasteiger charge is -2.17. The maximum Gasteiger partial charge on any atom is 0.255 e. The topological polar surface area (TPSA) is 49.3 Å². The summed E-state index contributed by atoms with van der Waals surface area (Å²) in [7, 11) is 0. The smallest absolute Gasteiger partial charge is 0.255 e. The highest BCUT2D eigenvalue weighted by Crippen LogP contribution is 2.31.